The molecule has 0 spiro atoms. The Bertz CT molecular complexity index is 394. The normalized spacial score (nSPS) is 19.8. The van der Waals surface area contributed by atoms with Crippen LogP contribution in [0.2, 0.25) is 0 Å². The minimum atomic E-state index is 0.399. The van der Waals surface area contributed by atoms with Crippen LogP contribution in [0.4, 0.5) is 4.48 Å². The van der Waals surface area contributed by atoms with Crippen molar-refractivity contribution in [2.24, 2.45) is 5.92 Å². The molecule has 2 heteroatoms. The van der Waals surface area contributed by atoms with Gasteiger partial charge in [0, 0.05) is 6.54 Å². The van der Waals surface area contributed by atoms with Crippen LogP contribution in [0.1, 0.15) is 30.9 Å². The molecule has 0 fully saturated rings. The van der Waals surface area contributed by atoms with Gasteiger partial charge in [-0.3, -0.25) is 0 Å². The van der Waals surface area contributed by atoms with Gasteiger partial charge in [-0.1, -0.05) is 41.5 Å². The van der Waals surface area contributed by atoms with Gasteiger partial charge < -0.3 is 0 Å². The molecule has 1 aliphatic rings. The number of aryl methyl sites for hydroxylation is 1. The van der Waals surface area contributed by atoms with Crippen LogP contribution in [-0.2, 0) is 6.54 Å². The average molecular weight is 233 g/mol. The lowest BCUT2D eigenvalue weighted by Gasteiger charge is -2.16. The van der Waals surface area contributed by atoms with Gasteiger partial charge in [-0.15, -0.1) is 9.60 Å². The Hall–Kier alpha value is -1.15. The second-order valence-corrected chi connectivity index (χ2v) is 5.15. The Kier molecular flexibility index (Phi) is 3.95. The molecule has 2 rings (SSSR count). The predicted molar refractivity (Wildman–Crippen MR) is 69.2 cm³/mol. The second-order valence-electron chi connectivity index (χ2n) is 5.15. The Balaban J connectivity index is 1.81. The maximum atomic E-state index is 13.8. The first kappa shape index (κ1) is 12.3. The highest BCUT2D eigenvalue weighted by Crippen LogP contribution is 2.25. The highest BCUT2D eigenvalue weighted by atomic mass is 19.2. The number of rotatable bonds is 4. The van der Waals surface area contributed by atoms with Crippen molar-refractivity contribution in [1.29, 1.82) is 0 Å². The standard InChI is InChI=1S/C15H20FN/c1-12-3-6-14(7-4-12)10-17(16)11-15-8-5-13(2)9-15/h3-7,15H,8-11H2,1-2H3. The molecule has 1 nitrogen and oxygen atoms in total. The molecule has 0 saturated heterocycles. The van der Waals surface area contributed by atoms with E-state index < -0.39 is 0 Å². The zero-order valence-corrected chi connectivity index (χ0v) is 10.6. The quantitative estimate of drug-likeness (QED) is 0.560. The smallest absolute Gasteiger partial charge is 0.0541 e. The van der Waals surface area contributed by atoms with Crippen molar-refractivity contribution < 1.29 is 4.48 Å². The van der Waals surface area contributed by atoms with E-state index in [1.165, 1.54) is 11.1 Å². The Morgan fingerprint density at radius 2 is 1.94 bits per heavy atom. The van der Waals surface area contributed by atoms with Gasteiger partial charge in [0.15, 0.2) is 0 Å². The van der Waals surface area contributed by atoms with E-state index in [1.807, 2.05) is 31.2 Å². The molecule has 0 amide bonds. The van der Waals surface area contributed by atoms with Crippen LogP contribution in [-0.4, -0.2) is 11.7 Å². The highest BCUT2D eigenvalue weighted by Gasteiger charge is 2.18. The van der Waals surface area contributed by atoms with E-state index in [0.717, 1.165) is 23.5 Å². The molecule has 0 heterocycles. The number of allylic oxidation sites excluding steroid dienone is 2. The van der Waals surface area contributed by atoms with E-state index in [-0.39, 0.29) is 0 Å². The second kappa shape index (κ2) is 5.46. The zero-order valence-electron chi connectivity index (χ0n) is 10.6. The summed E-state index contributed by atoms with van der Waals surface area (Å²) in [5, 5.41) is 0.946. The SMILES string of the molecule is CC1=CCC(CN(F)Cc2ccc(C)cc2)C1. The van der Waals surface area contributed by atoms with Gasteiger partial charge in [0.2, 0.25) is 0 Å². The van der Waals surface area contributed by atoms with Crippen molar-refractivity contribution in [3.8, 4) is 0 Å². The van der Waals surface area contributed by atoms with E-state index in [0.29, 0.717) is 19.0 Å². The van der Waals surface area contributed by atoms with Gasteiger partial charge in [-0.2, -0.15) is 0 Å². The molecule has 1 aromatic carbocycles. The van der Waals surface area contributed by atoms with Crippen LogP contribution < -0.4 is 0 Å². The van der Waals surface area contributed by atoms with Gasteiger partial charge in [-0.05, 0) is 38.2 Å². The van der Waals surface area contributed by atoms with Crippen LogP contribution in [0.5, 0.6) is 0 Å². The summed E-state index contributed by atoms with van der Waals surface area (Å²) in [5.41, 5.74) is 3.66. The maximum Gasteiger partial charge on any atom is 0.0541 e. The van der Waals surface area contributed by atoms with Crippen molar-refractivity contribution in [1.82, 2.24) is 5.12 Å². The van der Waals surface area contributed by atoms with Crippen molar-refractivity contribution in [2.75, 3.05) is 6.54 Å². The molecule has 0 bridgehead atoms. The van der Waals surface area contributed by atoms with Crippen molar-refractivity contribution in [2.45, 2.75) is 33.2 Å². The monoisotopic (exact) mass is 233 g/mol. The van der Waals surface area contributed by atoms with E-state index in [4.69, 9.17) is 0 Å². The number of benzene rings is 1. The van der Waals surface area contributed by atoms with Crippen LogP contribution in [0.15, 0.2) is 35.9 Å². The molecule has 92 valence electrons. The van der Waals surface area contributed by atoms with Crippen LogP contribution in [0, 0.1) is 12.8 Å². The highest BCUT2D eigenvalue weighted by molar-refractivity contribution is 5.21. The molecule has 1 aromatic rings. The zero-order chi connectivity index (χ0) is 12.3. The lowest BCUT2D eigenvalue weighted by Crippen LogP contribution is -2.20. The molecule has 1 unspecified atom stereocenters. The third-order valence-electron chi connectivity index (χ3n) is 3.34. The summed E-state index contributed by atoms with van der Waals surface area (Å²) >= 11 is 0. The summed E-state index contributed by atoms with van der Waals surface area (Å²) < 4.78 is 13.8. The average Bonchev–Trinajstić information content (AvgIpc) is 2.67. The third-order valence-corrected chi connectivity index (χ3v) is 3.34. The maximum absolute atomic E-state index is 13.8. The van der Waals surface area contributed by atoms with E-state index in [2.05, 4.69) is 13.0 Å². The molecule has 1 aliphatic carbocycles. The molecular formula is C15H20FN. The van der Waals surface area contributed by atoms with Crippen LogP contribution in [0.25, 0.3) is 0 Å². The minimum absolute atomic E-state index is 0.399. The molecule has 0 radical (unpaired) electrons. The molecule has 0 saturated carbocycles. The summed E-state index contributed by atoms with van der Waals surface area (Å²) in [6.45, 7) is 5.12. The first-order valence-corrected chi connectivity index (χ1v) is 6.25. The number of hydrogen-bond acceptors (Lipinski definition) is 1. The summed E-state index contributed by atoms with van der Waals surface area (Å²) in [7, 11) is 0. The lowest BCUT2D eigenvalue weighted by molar-refractivity contribution is 0.000725. The lowest BCUT2D eigenvalue weighted by atomic mass is 10.1. The molecule has 1 atom stereocenters. The van der Waals surface area contributed by atoms with Crippen LogP contribution >= 0.6 is 0 Å². The van der Waals surface area contributed by atoms with E-state index in [9.17, 15) is 4.48 Å². The fourth-order valence-corrected chi connectivity index (χ4v) is 2.37. The number of halogens is 1. The van der Waals surface area contributed by atoms with Gasteiger partial charge in [0.25, 0.3) is 0 Å². The van der Waals surface area contributed by atoms with E-state index in [1.54, 1.807) is 0 Å². The van der Waals surface area contributed by atoms with Crippen molar-refractivity contribution in [3.05, 3.63) is 47.0 Å². The van der Waals surface area contributed by atoms with Gasteiger partial charge in [0.05, 0.1) is 6.54 Å². The number of hydrogen-bond donors (Lipinski definition) is 0. The molecule has 0 aromatic heterocycles. The summed E-state index contributed by atoms with van der Waals surface area (Å²) in [5.74, 6) is 0.463. The predicted octanol–water partition coefficient (Wildman–Crippen LogP) is 4.04. The summed E-state index contributed by atoms with van der Waals surface area (Å²) in [6, 6.07) is 8.06. The number of nitrogens with zero attached hydrogens (tertiary/aromatic N) is 1. The Morgan fingerprint density at radius 1 is 1.24 bits per heavy atom. The van der Waals surface area contributed by atoms with Crippen molar-refractivity contribution >= 4 is 0 Å². The molecule has 0 N–H and O–H groups in total. The topological polar surface area (TPSA) is 3.24 Å². The van der Waals surface area contributed by atoms with Gasteiger partial charge in [0.1, 0.15) is 0 Å². The van der Waals surface area contributed by atoms with Crippen molar-refractivity contribution in [3.63, 3.8) is 0 Å². The van der Waals surface area contributed by atoms with E-state index >= 15 is 0 Å². The fraction of sp³-hybridized carbons (Fsp3) is 0.467. The van der Waals surface area contributed by atoms with Crippen LogP contribution in [0.3, 0.4) is 0 Å². The fourth-order valence-electron chi connectivity index (χ4n) is 2.37. The summed E-state index contributed by atoms with van der Waals surface area (Å²) in [4.78, 5) is 0. The summed E-state index contributed by atoms with van der Waals surface area (Å²) in [6.07, 6.45) is 4.30. The molecule has 0 aliphatic heterocycles. The molecular weight excluding hydrogens is 213 g/mol. The minimum Gasteiger partial charge on any atom is -0.142 e. The third kappa shape index (κ3) is 3.67. The largest absolute Gasteiger partial charge is 0.142 e. The van der Waals surface area contributed by atoms with Gasteiger partial charge in [-0.25, -0.2) is 0 Å². The van der Waals surface area contributed by atoms with Gasteiger partial charge >= 0.3 is 0 Å². The first-order valence-electron chi connectivity index (χ1n) is 6.25. The molecule has 17 heavy (non-hydrogen) atoms. The Labute approximate surface area is 103 Å². The first-order chi connectivity index (χ1) is 8.13. The Morgan fingerprint density at radius 3 is 2.53 bits per heavy atom.